The van der Waals surface area contributed by atoms with Crippen molar-refractivity contribution >= 4 is 0 Å². The minimum Gasteiger partial charge on any atom is -1.00 e. The lowest BCUT2D eigenvalue weighted by Gasteiger charge is -2.59. The molecule has 0 amide bonds. The minimum absolute atomic E-state index is 0. The van der Waals surface area contributed by atoms with Crippen LogP contribution >= 0.6 is 0 Å². The van der Waals surface area contributed by atoms with E-state index >= 15 is 0 Å². The average Bonchev–Trinajstić information content (AvgIpc) is 2.69. The first-order valence-corrected chi connectivity index (χ1v) is 13.2. The summed E-state index contributed by atoms with van der Waals surface area (Å²) in [4.78, 5) is 0. The van der Waals surface area contributed by atoms with Crippen LogP contribution in [0, 0.1) is 23.7 Å². The average molecular weight is 471 g/mol. The molecule has 0 spiro atoms. The number of nitrogens with zero attached hydrogens (tertiary/aromatic N) is 1. The lowest BCUT2D eigenvalue weighted by atomic mass is 9.49. The number of hydrogen-bond acceptors (Lipinski definition) is 1. The molecule has 1 N–H and O–H groups in total. The number of piperidine rings is 1. The summed E-state index contributed by atoms with van der Waals surface area (Å²) >= 11 is 0. The Morgan fingerprint density at radius 2 is 1.28 bits per heavy atom. The van der Waals surface area contributed by atoms with Gasteiger partial charge in [-0.2, -0.15) is 0 Å². The molecule has 1 aliphatic heterocycles. The van der Waals surface area contributed by atoms with Crippen LogP contribution in [0.4, 0.5) is 0 Å². The quantitative estimate of drug-likeness (QED) is 0.363. The molecule has 0 unspecified atom stereocenters. The molecule has 0 aromatic heterocycles. The van der Waals surface area contributed by atoms with Gasteiger partial charge in [0, 0.05) is 0 Å². The van der Waals surface area contributed by atoms with Crippen LogP contribution in [0.25, 0.3) is 0 Å². The smallest absolute Gasteiger partial charge is 0.0787 e. The number of likely N-dealkylation sites (tertiary alicyclic amines) is 1. The second-order valence-electron chi connectivity index (χ2n) is 11.5. The number of unbranched alkanes of at least 4 members (excludes halogenated alkanes) is 5. The number of aliphatic hydroxyl groups is 1. The van der Waals surface area contributed by atoms with Crippen molar-refractivity contribution in [2.75, 3.05) is 26.2 Å². The zero-order valence-corrected chi connectivity index (χ0v) is 20.8. The number of halogens is 1. The van der Waals surface area contributed by atoms with Crippen molar-refractivity contribution in [3.8, 4) is 0 Å². The van der Waals surface area contributed by atoms with E-state index in [1.54, 1.807) is 0 Å². The van der Waals surface area contributed by atoms with Gasteiger partial charge < -0.3 is 26.6 Å². The van der Waals surface area contributed by atoms with Crippen molar-refractivity contribution in [3.63, 3.8) is 0 Å². The number of rotatable bonds is 11. The molecule has 29 heavy (non-hydrogen) atoms. The van der Waals surface area contributed by atoms with Crippen molar-refractivity contribution in [2.24, 2.45) is 23.7 Å². The maximum Gasteiger partial charge on any atom is 0.0787 e. The Bertz CT molecular complexity index is 459. The monoisotopic (exact) mass is 469 g/mol. The highest BCUT2D eigenvalue weighted by atomic mass is 79.9. The largest absolute Gasteiger partial charge is 1.00 e. The van der Waals surface area contributed by atoms with Gasteiger partial charge in [-0.3, -0.25) is 0 Å². The molecule has 1 heterocycles. The van der Waals surface area contributed by atoms with Crippen molar-refractivity contribution in [1.29, 1.82) is 0 Å². The van der Waals surface area contributed by atoms with Crippen LogP contribution in [-0.4, -0.2) is 41.4 Å². The molecule has 0 atom stereocenters. The summed E-state index contributed by atoms with van der Waals surface area (Å²) in [5, 5.41) is 11.7. The number of quaternary nitrogens is 1. The Kier molecular flexibility index (Phi) is 8.97. The Morgan fingerprint density at radius 3 is 1.90 bits per heavy atom. The van der Waals surface area contributed by atoms with E-state index in [0.29, 0.717) is 11.8 Å². The highest BCUT2D eigenvalue weighted by Gasteiger charge is 2.56. The SMILES string of the molecule is CCCCCCCC[N+]1(CCCC2(O)C3CC4CC(C3)CC2C4)CCCCC1.[Br-]. The molecular weight excluding hydrogens is 422 g/mol. The van der Waals surface area contributed by atoms with E-state index in [9.17, 15) is 5.11 Å². The third kappa shape index (κ3) is 5.61. The molecule has 2 nitrogen and oxygen atoms in total. The lowest BCUT2D eigenvalue weighted by Crippen LogP contribution is -3.00. The van der Waals surface area contributed by atoms with Gasteiger partial charge in [-0.25, -0.2) is 0 Å². The van der Waals surface area contributed by atoms with Gasteiger partial charge in [0.05, 0.1) is 31.8 Å². The maximum atomic E-state index is 11.7. The summed E-state index contributed by atoms with van der Waals surface area (Å²) in [7, 11) is 0. The molecule has 170 valence electrons. The van der Waals surface area contributed by atoms with E-state index < -0.39 is 0 Å². The zero-order chi connectivity index (χ0) is 19.5. The minimum atomic E-state index is -0.284. The van der Waals surface area contributed by atoms with Gasteiger partial charge in [-0.05, 0) is 101 Å². The summed E-state index contributed by atoms with van der Waals surface area (Å²) in [6, 6.07) is 0. The summed E-state index contributed by atoms with van der Waals surface area (Å²) in [5.41, 5.74) is -0.284. The molecule has 3 heteroatoms. The van der Waals surface area contributed by atoms with Gasteiger partial charge in [0.15, 0.2) is 0 Å². The fraction of sp³-hybridized carbons (Fsp3) is 1.00. The van der Waals surface area contributed by atoms with Crippen molar-refractivity contribution in [1.82, 2.24) is 0 Å². The molecule has 5 aliphatic rings. The first-order chi connectivity index (χ1) is 13.6. The van der Waals surface area contributed by atoms with Gasteiger partial charge >= 0.3 is 0 Å². The van der Waals surface area contributed by atoms with Gasteiger partial charge in [0.2, 0.25) is 0 Å². The Hall–Kier alpha value is 0.400. The highest BCUT2D eigenvalue weighted by Crippen LogP contribution is 2.59. The Labute approximate surface area is 191 Å². The molecule has 1 saturated heterocycles. The summed E-state index contributed by atoms with van der Waals surface area (Å²) in [6.07, 6.45) is 22.1. The second-order valence-corrected chi connectivity index (χ2v) is 11.5. The topological polar surface area (TPSA) is 20.2 Å². The third-order valence-corrected chi connectivity index (χ3v) is 9.51. The predicted molar refractivity (Wildman–Crippen MR) is 118 cm³/mol. The van der Waals surface area contributed by atoms with E-state index in [4.69, 9.17) is 0 Å². The second kappa shape index (κ2) is 10.8. The van der Waals surface area contributed by atoms with Crippen LogP contribution in [0.2, 0.25) is 0 Å². The zero-order valence-electron chi connectivity index (χ0n) is 19.2. The molecule has 0 aromatic carbocycles. The first-order valence-electron chi connectivity index (χ1n) is 13.2. The Balaban J connectivity index is 0.00000240. The van der Waals surface area contributed by atoms with Crippen LogP contribution in [0.1, 0.15) is 110 Å². The molecule has 0 radical (unpaired) electrons. The van der Waals surface area contributed by atoms with Gasteiger partial charge in [0.1, 0.15) is 0 Å². The fourth-order valence-electron chi connectivity index (χ4n) is 8.08. The molecular formula is C26H48BrNO. The van der Waals surface area contributed by atoms with Gasteiger partial charge in [-0.1, -0.05) is 32.6 Å². The highest BCUT2D eigenvalue weighted by molar-refractivity contribution is 5.06. The lowest BCUT2D eigenvalue weighted by molar-refractivity contribution is -0.933. The third-order valence-electron chi connectivity index (χ3n) is 9.51. The Morgan fingerprint density at radius 1 is 0.724 bits per heavy atom. The van der Waals surface area contributed by atoms with Gasteiger partial charge in [-0.15, -0.1) is 0 Å². The van der Waals surface area contributed by atoms with E-state index in [-0.39, 0.29) is 22.6 Å². The molecule has 5 rings (SSSR count). The van der Waals surface area contributed by atoms with E-state index in [1.165, 1.54) is 127 Å². The molecule has 4 aliphatic carbocycles. The van der Waals surface area contributed by atoms with E-state index in [1.807, 2.05) is 0 Å². The fourth-order valence-corrected chi connectivity index (χ4v) is 8.08. The van der Waals surface area contributed by atoms with Crippen LogP contribution in [0.3, 0.4) is 0 Å². The van der Waals surface area contributed by atoms with Crippen molar-refractivity contribution in [3.05, 3.63) is 0 Å². The molecule has 4 saturated carbocycles. The van der Waals surface area contributed by atoms with Gasteiger partial charge in [0.25, 0.3) is 0 Å². The molecule has 5 fully saturated rings. The first kappa shape index (κ1) is 24.1. The summed E-state index contributed by atoms with van der Waals surface area (Å²) in [5.74, 6) is 3.24. The normalized spacial score (nSPS) is 37.4. The standard InChI is InChI=1S/C26H48NO.BrH/c1-2-3-4-5-6-8-13-27(14-9-7-10-15-27)16-11-12-26(28)24-18-22-17-23(20-24)21-25(26)19-22;/h22-25,28H,2-21H2,1H3;1H/q+1;/p-1. The van der Waals surface area contributed by atoms with Crippen LogP contribution in [0.5, 0.6) is 0 Å². The summed E-state index contributed by atoms with van der Waals surface area (Å²) < 4.78 is 1.39. The maximum absolute atomic E-state index is 11.7. The van der Waals surface area contributed by atoms with E-state index in [0.717, 1.165) is 18.3 Å². The van der Waals surface area contributed by atoms with E-state index in [2.05, 4.69) is 6.92 Å². The van der Waals surface area contributed by atoms with Crippen LogP contribution in [-0.2, 0) is 0 Å². The predicted octanol–water partition coefficient (Wildman–Crippen LogP) is 3.32. The van der Waals surface area contributed by atoms with Crippen LogP contribution in [0.15, 0.2) is 0 Å². The number of hydrogen-bond donors (Lipinski definition) is 1. The summed E-state index contributed by atoms with van der Waals surface area (Å²) in [6.45, 7) is 7.92. The molecule has 4 bridgehead atoms. The van der Waals surface area contributed by atoms with Crippen LogP contribution < -0.4 is 17.0 Å². The van der Waals surface area contributed by atoms with Crippen molar-refractivity contribution < 1.29 is 26.6 Å². The van der Waals surface area contributed by atoms with Crippen molar-refractivity contribution in [2.45, 2.75) is 115 Å². The molecule has 0 aromatic rings.